The number of methoxy groups -OCH3 is 1. The summed E-state index contributed by atoms with van der Waals surface area (Å²) in [5, 5.41) is 5.75. The standard InChI is InChI=1S/C12H12N4O3/c1-19-9-5-2-8(3-6-9)4-7-10-11(17)16(13)12(18)15-14-10/h2-7H,13H2,1H3,(H,15,18). The maximum Gasteiger partial charge on any atom is 0.363 e. The number of aromatic amines is 1. The Balaban J connectivity index is 2.30. The molecule has 2 rings (SSSR count). The molecule has 0 atom stereocenters. The second-order valence-corrected chi connectivity index (χ2v) is 3.70. The Morgan fingerprint density at radius 3 is 2.58 bits per heavy atom. The van der Waals surface area contributed by atoms with Gasteiger partial charge < -0.3 is 10.6 Å². The molecule has 0 saturated carbocycles. The first-order chi connectivity index (χ1) is 9.11. The van der Waals surface area contributed by atoms with Gasteiger partial charge in [-0.1, -0.05) is 18.2 Å². The molecule has 1 aromatic carbocycles. The number of nitrogens with two attached hydrogens (primary N) is 1. The molecule has 0 unspecified atom stereocenters. The van der Waals surface area contributed by atoms with Gasteiger partial charge >= 0.3 is 11.2 Å². The van der Waals surface area contributed by atoms with Crippen molar-refractivity contribution in [3.63, 3.8) is 0 Å². The molecule has 0 bridgehead atoms. The average Bonchev–Trinajstić information content (AvgIpc) is 2.45. The number of nitrogen functional groups attached to an aromatic ring is 1. The Bertz CT molecular complexity index is 713. The highest BCUT2D eigenvalue weighted by atomic mass is 16.5. The quantitative estimate of drug-likeness (QED) is 0.745. The summed E-state index contributed by atoms with van der Waals surface area (Å²) in [7, 11) is 1.58. The van der Waals surface area contributed by atoms with E-state index in [0.717, 1.165) is 11.3 Å². The second-order valence-electron chi connectivity index (χ2n) is 3.70. The van der Waals surface area contributed by atoms with E-state index in [0.29, 0.717) is 4.68 Å². The highest BCUT2D eigenvalue weighted by Crippen LogP contribution is 2.12. The zero-order chi connectivity index (χ0) is 13.8. The van der Waals surface area contributed by atoms with E-state index in [2.05, 4.69) is 10.2 Å². The number of aromatic nitrogens is 3. The van der Waals surface area contributed by atoms with Crippen LogP contribution in [0, 0.1) is 0 Å². The Hall–Kier alpha value is -2.83. The van der Waals surface area contributed by atoms with Crippen LogP contribution in [-0.2, 0) is 0 Å². The van der Waals surface area contributed by atoms with Crippen LogP contribution < -0.4 is 21.8 Å². The Labute approximate surface area is 107 Å². The van der Waals surface area contributed by atoms with Crippen molar-refractivity contribution in [3.8, 4) is 5.75 Å². The number of H-pyrrole nitrogens is 1. The van der Waals surface area contributed by atoms with E-state index >= 15 is 0 Å². The monoisotopic (exact) mass is 260 g/mol. The largest absolute Gasteiger partial charge is 0.497 e. The summed E-state index contributed by atoms with van der Waals surface area (Å²) in [6.45, 7) is 0. The van der Waals surface area contributed by atoms with Crippen LogP contribution in [0.15, 0.2) is 33.9 Å². The predicted molar refractivity (Wildman–Crippen MR) is 71.2 cm³/mol. The smallest absolute Gasteiger partial charge is 0.363 e. The van der Waals surface area contributed by atoms with Gasteiger partial charge in [-0.3, -0.25) is 4.79 Å². The molecule has 0 saturated heterocycles. The second kappa shape index (κ2) is 5.21. The van der Waals surface area contributed by atoms with Crippen molar-refractivity contribution in [2.24, 2.45) is 0 Å². The van der Waals surface area contributed by atoms with Crippen LogP contribution in [0.4, 0.5) is 0 Å². The van der Waals surface area contributed by atoms with E-state index in [9.17, 15) is 9.59 Å². The number of hydrogen-bond donors (Lipinski definition) is 2. The molecule has 1 aromatic heterocycles. The summed E-state index contributed by atoms with van der Waals surface area (Å²) in [5.41, 5.74) is -0.505. The van der Waals surface area contributed by atoms with Crippen LogP contribution in [0.3, 0.4) is 0 Å². The molecule has 0 fully saturated rings. The molecule has 0 spiro atoms. The summed E-state index contributed by atoms with van der Waals surface area (Å²) < 4.78 is 5.51. The van der Waals surface area contributed by atoms with Gasteiger partial charge in [-0.15, -0.1) is 0 Å². The predicted octanol–water partition coefficient (Wildman–Crippen LogP) is -0.176. The number of ether oxygens (including phenoxy) is 1. The molecule has 19 heavy (non-hydrogen) atoms. The van der Waals surface area contributed by atoms with Crippen molar-refractivity contribution in [3.05, 3.63) is 56.4 Å². The Morgan fingerprint density at radius 1 is 1.26 bits per heavy atom. The molecule has 3 N–H and O–H groups in total. The zero-order valence-corrected chi connectivity index (χ0v) is 10.2. The van der Waals surface area contributed by atoms with Crippen LogP contribution in [-0.4, -0.2) is 22.0 Å². The first-order valence-corrected chi connectivity index (χ1v) is 5.41. The third kappa shape index (κ3) is 2.71. The number of benzene rings is 1. The first-order valence-electron chi connectivity index (χ1n) is 5.41. The highest BCUT2D eigenvalue weighted by Gasteiger charge is 2.02. The Morgan fingerprint density at radius 2 is 1.95 bits per heavy atom. The van der Waals surface area contributed by atoms with Gasteiger partial charge in [0, 0.05) is 0 Å². The maximum atomic E-state index is 11.6. The number of nitrogens with one attached hydrogen (secondary N) is 1. The van der Waals surface area contributed by atoms with Crippen molar-refractivity contribution in [2.75, 3.05) is 13.0 Å². The normalized spacial score (nSPS) is 10.8. The van der Waals surface area contributed by atoms with Crippen molar-refractivity contribution in [2.45, 2.75) is 0 Å². The lowest BCUT2D eigenvalue weighted by Gasteiger charge is -1.99. The van der Waals surface area contributed by atoms with Crippen LogP contribution in [0.5, 0.6) is 5.75 Å². The third-order valence-corrected chi connectivity index (χ3v) is 2.48. The lowest BCUT2D eigenvalue weighted by Crippen LogP contribution is -2.42. The van der Waals surface area contributed by atoms with E-state index < -0.39 is 11.2 Å². The van der Waals surface area contributed by atoms with Crippen LogP contribution >= 0.6 is 0 Å². The van der Waals surface area contributed by atoms with E-state index in [4.69, 9.17) is 10.6 Å². The summed E-state index contributed by atoms with van der Waals surface area (Å²) in [6, 6.07) is 7.23. The molecule has 0 radical (unpaired) electrons. The molecule has 0 amide bonds. The maximum absolute atomic E-state index is 11.6. The molecule has 98 valence electrons. The SMILES string of the molecule is COc1ccc(C=Cc2n[nH]c(=O)n(N)c2=O)cc1. The van der Waals surface area contributed by atoms with Crippen molar-refractivity contribution >= 4 is 12.2 Å². The lowest BCUT2D eigenvalue weighted by molar-refractivity contribution is 0.415. The summed E-state index contributed by atoms with van der Waals surface area (Å²) in [5.74, 6) is 6.00. The fourth-order valence-electron chi connectivity index (χ4n) is 1.42. The minimum atomic E-state index is -0.758. The summed E-state index contributed by atoms with van der Waals surface area (Å²) in [4.78, 5) is 22.6. The molecular weight excluding hydrogens is 248 g/mol. The van der Waals surface area contributed by atoms with Gasteiger partial charge in [-0.25, -0.2) is 9.89 Å². The van der Waals surface area contributed by atoms with Gasteiger partial charge in [-0.05, 0) is 23.8 Å². The fourth-order valence-corrected chi connectivity index (χ4v) is 1.42. The first kappa shape index (κ1) is 12.6. The molecule has 1 heterocycles. The number of nitrogens with zero attached hydrogens (tertiary/aromatic N) is 2. The van der Waals surface area contributed by atoms with Gasteiger partial charge in [0.1, 0.15) is 5.75 Å². The highest BCUT2D eigenvalue weighted by molar-refractivity contribution is 5.67. The minimum Gasteiger partial charge on any atom is -0.497 e. The van der Waals surface area contributed by atoms with Crippen LogP contribution in [0.2, 0.25) is 0 Å². The average molecular weight is 260 g/mol. The van der Waals surface area contributed by atoms with Gasteiger partial charge in [0.15, 0.2) is 5.69 Å². The van der Waals surface area contributed by atoms with E-state index in [1.165, 1.54) is 6.08 Å². The molecule has 0 aliphatic rings. The zero-order valence-electron chi connectivity index (χ0n) is 10.2. The van der Waals surface area contributed by atoms with E-state index in [-0.39, 0.29) is 5.69 Å². The molecular formula is C12H12N4O3. The van der Waals surface area contributed by atoms with Crippen molar-refractivity contribution in [1.82, 2.24) is 14.9 Å². The van der Waals surface area contributed by atoms with E-state index in [1.807, 2.05) is 12.1 Å². The summed E-state index contributed by atoms with van der Waals surface area (Å²) in [6.07, 6.45) is 3.16. The van der Waals surface area contributed by atoms with Gasteiger partial charge in [-0.2, -0.15) is 9.77 Å². The lowest BCUT2D eigenvalue weighted by atomic mass is 10.2. The van der Waals surface area contributed by atoms with Gasteiger partial charge in [0.2, 0.25) is 0 Å². The molecule has 7 nitrogen and oxygen atoms in total. The minimum absolute atomic E-state index is 0.0536. The fraction of sp³-hybridized carbons (Fsp3) is 0.0833. The number of rotatable bonds is 3. The van der Waals surface area contributed by atoms with Crippen LogP contribution in [0.25, 0.3) is 12.2 Å². The Kier molecular flexibility index (Phi) is 3.46. The van der Waals surface area contributed by atoms with E-state index in [1.54, 1.807) is 25.3 Å². The van der Waals surface area contributed by atoms with Gasteiger partial charge in [0.25, 0.3) is 0 Å². The molecule has 0 aliphatic carbocycles. The molecule has 0 aliphatic heterocycles. The topological polar surface area (TPSA) is 103 Å². The van der Waals surface area contributed by atoms with Crippen molar-refractivity contribution in [1.29, 1.82) is 0 Å². The van der Waals surface area contributed by atoms with Gasteiger partial charge in [0.05, 0.1) is 7.11 Å². The molecule has 7 heteroatoms. The third-order valence-electron chi connectivity index (χ3n) is 2.48. The van der Waals surface area contributed by atoms with Crippen LogP contribution in [0.1, 0.15) is 11.3 Å². The molecule has 2 aromatic rings. The number of hydrogen-bond acceptors (Lipinski definition) is 5. The van der Waals surface area contributed by atoms with Crippen molar-refractivity contribution < 1.29 is 4.74 Å². The summed E-state index contributed by atoms with van der Waals surface area (Å²) >= 11 is 0.